The zero-order valence-corrected chi connectivity index (χ0v) is 14.9. The molecular formula is C19H18N2O3S. The summed E-state index contributed by atoms with van der Waals surface area (Å²) in [7, 11) is 1.91. The van der Waals surface area contributed by atoms with E-state index in [4.69, 9.17) is 9.47 Å². The van der Waals surface area contributed by atoms with Crippen LogP contribution >= 0.6 is 11.3 Å². The fraction of sp³-hybridized carbons (Fsp3) is 0.263. The maximum Gasteiger partial charge on any atom is 0.252 e. The number of ether oxygens (including phenoxy) is 2. The predicted octanol–water partition coefficient (Wildman–Crippen LogP) is 2.99. The molecule has 4 rings (SSSR count). The van der Waals surface area contributed by atoms with Crippen LogP contribution in [0.1, 0.15) is 11.1 Å². The number of hydrogen-bond acceptors (Lipinski definition) is 4. The highest BCUT2D eigenvalue weighted by molar-refractivity contribution is 7.16. The van der Waals surface area contributed by atoms with Gasteiger partial charge in [-0.25, -0.2) is 0 Å². The number of nitrogens with zero attached hydrogens (tertiary/aromatic N) is 2. The summed E-state index contributed by atoms with van der Waals surface area (Å²) in [5.74, 6) is 1.34. The molecule has 2 heterocycles. The normalized spacial score (nSPS) is 14.1. The number of fused-ring (bicyclic) bond motifs is 2. The number of aromatic nitrogens is 1. The highest BCUT2D eigenvalue weighted by Gasteiger charge is 2.15. The summed E-state index contributed by atoms with van der Waals surface area (Å²) in [4.78, 5) is 17.3. The molecular weight excluding hydrogens is 336 g/mol. The molecule has 25 heavy (non-hydrogen) atoms. The van der Waals surface area contributed by atoms with E-state index < -0.39 is 0 Å². The molecule has 6 heteroatoms. The Bertz CT molecular complexity index is 1020. The van der Waals surface area contributed by atoms with Crippen LogP contribution in [0, 0.1) is 6.92 Å². The first-order valence-electron chi connectivity index (χ1n) is 8.12. The minimum atomic E-state index is -0.150. The van der Waals surface area contributed by atoms with Gasteiger partial charge in [0.2, 0.25) is 0 Å². The van der Waals surface area contributed by atoms with Crippen molar-refractivity contribution in [2.24, 2.45) is 12.0 Å². The lowest BCUT2D eigenvalue weighted by Gasteiger charge is -2.18. The maximum atomic E-state index is 12.3. The SMILES string of the molecule is Cc1ccc(CC(=O)N=c2sc3cc4c(cc3n2C)OCCO4)cc1. The molecule has 0 N–H and O–H groups in total. The van der Waals surface area contributed by atoms with E-state index >= 15 is 0 Å². The Kier molecular flexibility index (Phi) is 4.05. The zero-order valence-electron chi connectivity index (χ0n) is 14.1. The molecule has 0 unspecified atom stereocenters. The third kappa shape index (κ3) is 3.17. The number of rotatable bonds is 2. The number of aryl methyl sites for hydroxylation is 2. The number of thiazole rings is 1. The van der Waals surface area contributed by atoms with E-state index in [-0.39, 0.29) is 5.91 Å². The van der Waals surface area contributed by atoms with Crippen LogP contribution in [-0.4, -0.2) is 23.7 Å². The van der Waals surface area contributed by atoms with Crippen LogP contribution in [0.25, 0.3) is 10.2 Å². The fourth-order valence-corrected chi connectivity index (χ4v) is 3.84. The van der Waals surface area contributed by atoms with Gasteiger partial charge in [-0.05, 0) is 12.5 Å². The minimum absolute atomic E-state index is 0.150. The average molecular weight is 354 g/mol. The monoisotopic (exact) mass is 354 g/mol. The fourth-order valence-electron chi connectivity index (χ4n) is 2.80. The Morgan fingerprint density at radius 3 is 2.56 bits per heavy atom. The Hall–Kier alpha value is -2.60. The van der Waals surface area contributed by atoms with Crippen LogP contribution < -0.4 is 14.3 Å². The van der Waals surface area contributed by atoms with Crippen molar-refractivity contribution < 1.29 is 14.3 Å². The van der Waals surface area contributed by atoms with Crippen molar-refractivity contribution in [1.29, 1.82) is 0 Å². The number of carbonyl (C=O) groups is 1. The van der Waals surface area contributed by atoms with Crippen LogP contribution in [0.5, 0.6) is 11.5 Å². The van der Waals surface area contributed by atoms with Gasteiger partial charge in [-0.1, -0.05) is 41.2 Å². The molecule has 2 aromatic carbocycles. The van der Waals surface area contributed by atoms with E-state index in [2.05, 4.69) is 4.99 Å². The largest absolute Gasteiger partial charge is 0.486 e. The predicted molar refractivity (Wildman–Crippen MR) is 97.2 cm³/mol. The summed E-state index contributed by atoms with van der Waals surface area (Å²) in [6.45, 7) is 3.14. The standard InChI is InChI=1S/C19H18N2O3S/c1-12-3-5-13(6-4-12)9-18(22)20-19-21(2)14-10-15-16(11-17(14)25-19)24-8-7-23-15/h3-6,10-11H,7-9H2,1-2H3. The minimum Gasteiger partial charge on any atom is -0.486 e. The van der Waals surface area contributed by atoms with Crippen LogP contribution in [0.3, 0.4) is 0 Å². The van der Waals surface area contributed by atoms with Gasteiger partial charge in [0.1, 0.15) is 13.2 Å². The second-order valence-electron chi connectivity index (χ2n) is 6.08. The Balaban J connectivity index is 1.68. The molecule has 5 nitrogen and oxygen atoms in total. The first kappa shape index (κ1) is 15.9. The molecule has 0 fully saturated rings. The lowest BCUT2D eigenvalue weighted by molar-refractivity contribution is -0.117. The molecule has 0 radical (unpaired) electrons. The van der Waals surface area contributed by atoms with Crippen LogP contribution in [0.4, 0.5) is 0 Å². The first-order valence-corrected chi connectivity index (χ1v) is 8.94. The molecule has 0 atom stereocenters. The van der Waals surface area contributed by atoms with Gasteiger partial charge in [0.15, 0.2) is 16.3 Å². The molecule has 1 aliphatic heterocycles. The number of benzene rings is 2. The molecule has 0 spiro atoms. The van der Waals surface area contributed by atoms with Gasteiger partial charge in [-0.2, -0.15) is 4.99 Å². The number of carbonyl (C=O) groups excluding carboxylic acids is 1. The van der Waals surface area contributed by atoms with Crippen molar-refractivity contribution in [3.8, 4) is 11.5 Å². The Morgan fingerprint density at radius 1 is 1.16 bits per heavy atom. The molecule has 0 aliphatic carbocycles. The first-order chi connectivity index (χ1) is 12.1. The van der Waals surface area contributed by atoms with Gasteiger partial charge in [0.05, 0.1) is 16.6 Å². The lowest BCUT2D eigenvalue weighted by Crippen LogP contribution is -2.16. The molecule has 128 valence electrons. The van der Waals surface area contributed by atoms with E-state index in [0.29, 0.717) is 24.4 Å². The van der Waals surface area contributed by atoms with Crippen molar-refractivity contribution in [3.63, 3.8) is 0 Å². The van der Waals surface area contributed by atoms with Gasteiger partial charge in [-0.3, -0.25) is 4.79 Å². The van der Waals surface area contributed by atoms with E-state index in [1.807, 2.05) is 54.9 Å². The zero-order chi connectivity index (χ0) is 17.4. The maximum absolute atomic E-state index is 12.3. The quantitative estimate of drug-likeness (QED) is 0.711. The Labute approximate surface area is 149 Å². The van der Waals surface area contributed by atoms with Crippen molar-refractivity contribution in [2.45, 2.75) is 13.3 Å². The highest BCUT2D eigenvalue weighted by Crippen LogP contribution is 2.35. The Morgan fingerprint density at radius 2 is 1.84 bits per heavy atom. The number of amides is 1. The smallest absolute Gasteiger partial charge is 0.252 e. The van der Waals surface area contributed by atoms with Gasteiger partial charge < -0.3 is 14.0 Å². The molecule has 1 aromatic heterocycles. The average Bonchev–Trinajstić information content (AvgIpc) is 2.90. The highest BCUT2D eigenvalue weighted by atomic mass is 32.1. The molecule has 3 aromatic rings. The van der Waals surface area contributed by atoms with E-state index in [0.717, 1.165) is 27.3 Å². The van der Waals surface area contributed by atoms with E-state index in [9.17, 15) is 4.79 Å². The van der Waals surface area contributed by atoms with Gasteiger partial charge in [0, 0.05) is 19.2 Å². The molecule has 1 aliphatic rings. The van der Waals surface area contributed by atoms with E-state index in [1.54, 1.807) is 0 Å². The summed E-state index contributed by atoms with van der Waals surface area (Å²) in [6.07, 6.45) is 0.303. The molecule has 1 amide bonds. The summed E-state index contributed by atoms with van der Waals surface area (Å²) in [5.41, 5.74) is 3.13. The summed E-state index contributed by atoms with van der Waals surface area (Å²) >= 11 is 1.48. The van der Waals surface area contributed by atoms with Gasteiger partial charge in [0.25, 0.3) is 5.91 Å². The third-order valence-electron chi connectivity index (χ3n) is 4.17. The summed E-state index contributed by atoms with van der Waals surface area (Å²) in [6, 6.07) is 11.9. The summed E-state index contributed by atoms with van der Waals surface area (Å²) < 4.78 is 14.2. The van der Waals surface area contributed by atoms with Crippen LogP contribution in [0.2, 0.25) is 0 Å². The van der Waals surface area contributed by atoms with Gasteiger partial charge >= 0.3 is 0 Å². The second-order valence-corrected chi connectivity index (χ2v) is 7.08. The van der Waals surface area contributed by atoms with Crippen LogP contribution in [0.15, 0.2) is 41.4 Å². The van der Waals surface area contributed by atoms with Crippen molar-refractivity contribution in [1.82, 2.24) is 4.57 Å². The van der Waals surface area contributed by atoms with Crippen LogP contribution in [-0.2, 0) is 18.3 Å². The van der Waals surface area contributed by atoms with E-state index in [1.165, 1.54) is 16.9 Å². The topological polar surface area (TPSA) is 52.8 Å². The third-order valence-corrected chi connectivity index (χ3v) is 5.26. The van der Waals surface area contributed by atoms with Crippen molar-refractivity contribution in [3.05, 3.63) is 52.3 Å². The summed E-state index contributed by atoms with van der Waals surface area (Å²) in [5, 5.41) is 0. The van der Waals surface area contributed by atoms with Gasteiger partial charge in [-0.15, -0.1) is 0 Å². The molecule has 0 saturated carbocycles. The van der Waals surface area contributed by atoms with Crippen molar-refractivity contribution >= 4 is 27.5 Å². The van der Waals surface area contributed by atoms with Crippen molar-refractivity contribution in [2.75, 3.05) is 13.2 Å². The molecule has 0 saturated heterocycles. The lowest BCUT2D eigenvalue weighted by atomic mass is 10.1. The molecule has 0 bridgehead atoms. The second kappa shape index (κ2) is 6.37. The number of hydrogen-bond donors (Lipinski definition) is 0.